The Hall–Kier alpha value is -0.570. The van der Waals surface area contributed by atoms with Crippen LogP contribution in [0.1, 0.15) is 84.5 Å². The summed E-state index contributed by atoms with van der Waals surface area (Å²) in [6.07, 6.45) is 12.8. The Labute approximate surface area is 132 Å². The Morgan fingerprint density at radius 2 is 1.43 bits per heavy atom. The first-order valence-electron chi connectivity index (χ1n) is 8.88. The predicted octanol–water partition coefficient (Wildman–Crippen LogP) is 4.95. The summed E-state index contributed by atoms with van der Waals surface area (Å²) >= 11 is 0. The third-order valence-corrected chi connectivity index (χ3v) is 4.57. The summed E-state index contributed by atoms with van der Waals surface area (Å²) in [5.74, 6) is -0.753. The summed E-state index contributed by atoms with van der Waals surface area (Å²) in [6, 6.07) is 0.463. The highest BCUT2D eigenvalue weighted by molar-refractivity contribution is 5.69. The van der Waals surface area contributed by atoms with Crippen LogP contribution in [0, 0.1) is 5.92 Å². The molecule has 126 valence electrons. The lowest BCUT2D eigenvalue weighted by molar-refractivity contribution is -0.142. The highest BCUT2D eigenvalue weighted by Crippen LogP contribution is 2.19. The molecule has 0 aromatic rings. The van der Waals surface area contributed by atoms with E-state index in [0.29, 0.717) is 6.04 Å². The first kappa shape index (κ1) is 20.4. The summed E-state index contributed by atoms with van der Waals surface area (Å²) in [4.78, 5) is 13.5. The smallest absolute Gasteiger partial charge is 0.306 e. The van der Waals surface area contributed by atoms with Crippen LogP contribution in [0.5, 0.6) is 0 Å². The molecule has 0 aliphatic heterocycles. The lowest BCUT2D eigenvalue weighted by Crippen LogP contribution is -2.26. The number of carboxylic acids is 1. The SMILES string of the molecule is CCCCCCCCCCC(CCC(C)N(C)C)C(=O)O. The molecule has 0 amide bonds. The van der Waals surface area contributed by atoms with E-state index in [0.717, 1.165) is 25.7 Å². The van der Waals surface area contributed by atoms with E-state index in [9.17, 15) is 9.90 Å². The van der Waals surface area contributed by atoms with Gasteiger partial charge >= 0.3 is 5.97 Å². The van der Waals surface area contributed by atoms with E-state index < -0.39 is 5.97 Å². The van der Waals surface area contributed by atoms with Gasteiger partial charge in [-0.1, -0.05) is 58.3 Å². The molecular formula is C18H37NO2. The molecule has 0 heterocycles. The molecule has 0 saturated heterocycles. The first-order chi connectivity index (χ1) is 9.99. The molecule has 0 rings (SSSR count). The fourth-order valence-electron chi connectivity index (χ4n) is 2.62. The molecule has 0 spiro atoms. The average Bonchev–Trinajstić information content (AvgIpc) is 2.43. The van der Waals surface area contributed by atoms with Crippen molar-refractivity contribution in [1.82, 2.24) is 4.90 Å². The molecule has 0 radical (unpaired) electrons. The molecule has 21 heavy (non-hydrogen) atoms. The van der Waals surface area contributed by atoms with Gasteiger partial charge in [0.1, 0.15) is 0 Å². The molecule has 0 aliphatic carbocycles. The van der Waals surface area contributed by atoms with E-state index in [1.165, 1.54) is 44.9 Å². The predicted molar refractivity (Wildman–Crippen MR) is 90.7 cm³/mol. The molecule has 3 heteroatoms. The fourth-order valence-corrected chi connectivity index (χ4v) is 2.62. The summed E-state index contributed by atoms with van der Waals surface area (Å²) in [5, 5.41) is 9.31. The van der Waals surface area contributed by atoms with Crippen molar-refractivity contribution < 1.29 is 9.90 Å². The van der Waals surface area contributed by atoms with Gasteiger partial charge in [0.25, 0.3) is 0 Å². The van der Waals surface area contributed by atoms with Gasteiger partial charge in [-0.05, 0) is 40.3 Å². The van der Waals surface area contributed by atoms with Crippen LogP contribution < -0.4 is 0 Å². The largest absolute Gasteiger partial charge is 0.481 e. The van der Waals surface area contributed by atoms with Crippen LogP contribution in [0.25, 0.3) is 0 Å². The van der Waals surface area contributed by atoms with Crippen molar-refractivity contribution in [2.75, 3.05) is 14.1 Å². The number of hydrogen-bond donors (Lipinski definition) is 1. The van der Waals surface area contributed by atoms with Crippen molar-refractivity contribution in [2.24, 2.45) is 5.92 Å². The van der Waals surface area contributed by atoms with Crippen molar-refractivity contribution in [2.45, 2.75) is 90.5 Å². The molecule has 0 aromatic carbocycles. The number of aliphatic carboxylic acids is 1. The zero-order valence-corrected chi connectivity index (χ0v) is 14.7. The van der Waals surface area contributed by atoms with Gasteiger partial charge in [0.15, 0.2) is 0 Å². The Bertz CT molecular complexity index is 254. The van der Waals surface area contributed by atoms with E-state index in [1.54, 1.807) is 0 Å². The number of unbranched alkanes of at least 4 members (excludes halogenated alkanes) is 7. The van der Waals surface area contributed by atoms with Crippen LogP contribution in [0.4, 0.5) is 0 Å². The second-order valence-electron chi connectivity index (χ2n) is 6.69. The second-order valence-corrected chi connectivity index (χ2v) is 6.69. The summed E-state index contributed by atoms with van der Waals surface area (Å²) in [5.41, 5.74) is 0. The van der Waals surface area contributed by atoms with Crippen LogP contribution in [0.2, 0.25) is 0 Å². The van der Waals surface area contributed by atoms with Crippen molar-refractivity contribution in [3.05, 3.63) is 0 Å². The number of rotatable bonds is 14. The van der Waals surface area contributed by atoms with Crippen LogP contribution in [-0.4, -0.2) is 36.1 Å². The van der Waals surface area contributed by atoms with Gasteiger partial charge in [-0.3, -0.25) is 4.79 Å². The third kappa shape index (κ3) is 11.7. The van der Waals surface area contributed by atoms with Gasteiger partial charge in [0.05, 0.1) is 5.92 Å². The number of carbonyl (C=O) groups is 1. The first-order valence-corrected chi connectivity index (χ1v) is 8.88. The minimum atomic E-state index is -0.607. The van der Waals surface area contributed by atoms with Crippen molar-refractivity contribution in [3.8, 4) is 0 Å². The van der Waals surface area contributed by atoms with E-state index >= 15 is 0 Å². The molecule has 1 N–H and O–H groups in total. The lowest BCUT2D eigenvalue weighted by Gasteiger charge is -2.21. The molecule has 3 nitrogen and oxygen atoms in total. The summed E-state index contributed by atoms with van der Waals surface area (Å²) in [6.45, 7) is 4.40. The van der Waals surface area contributed by atoms with E-state index in [-0.39, 0.29) is 5.92 Å². The molecule has 2 unspecified atom stereocenters. The van der Waals surface area contributed by atoms with Crippen molar-refractivity contribution in [1.29, 1.82) is 0 Å². The quantitative estimate of drug-likeness (QED) is 0.461. The van der Waals surface area contributed by atoms with Gasteiger partial charge in [0, 0.05) is 6.04 Å². The summed E-state index contributed by atoms with van der Waals surface area (Å²) < 4.78 is 0. The zero-order chi connectivity index (χ0) is 16.1. The van der Waals surface area contributed by atoms with E-state index in [2.05, 4.69) is 32.8 Å². The molecule has 0 aromatic heterocycles. The highest BCUT2D eigenvalue weighted by atomic mass is 16.4. The van der Waals surface area contributed by atoms with Crippen LogP contribution in [-0.2, 0) is 4.79 Å². The molecule has 0 saturated carbocycles. The van der Waals surface area contributed by atoms with E-state index in [4.69, 9.17) is 0 Å². The van der Waals surface area contributed by atoms with Crippen LogP contribution >= 0.6 is 0 Å². The summed E-state index contributed by atoms with van der Waals surface area (Å²) in [7, 11) is 4.11. The third-order valence-electron chi connectivity index (χ3n) is 4.57. The molecule has 2 atom stereocenters. The van der Waals surface area contributed by atoms with Crippen LogP contribution in [0.3, 0.4) is 0 Å². The molecular weight excluding hydrogens is 262 g/mol. The van der Waals surface area contributed by atoms with Gasteiger partial charge < -0.3 is 10.0 Å². The van der Waals surface area contributed by atoms with Gasteiger partial charge in [0.2, 0.25) is 0 Å². The minimum Gasteiger partial charge on any atom is -0.481 e. The van der Waals surface area contributed by atoms with Gasteiger partial charge in [-0.15, -0.1) is 0 Å². The number of nitrogens with zero attached hydrogens (tertiary/aromatic N) is 1. The molecule has 0 fully saturated rings. The maximum Gasteiger partial charge on any atom is 0.306 e. The maximum atomic E-state index is 11.3. The lowest BCUT2D eigenvalue weighted by atomic mass is 9.94. The Morgan fingerprint density at radius 1 is 0.905 bits per heavy atom. The molecule has 0 aliphatic rings. The van der Waals surface area contributed by atoms with Crippen molar-refractivity contribution >= 4 is 5.97 Å². The normalized spacial score (nSPS) is 14.3. The Morgan fingerprint density at radius 3 is 1.90 bits per heavy atom. The average molecular weight is 299 g/mol. The number of hydrogen-bond acceptors (Lipinski definition) is 2. The maximum absolute atomic E-state index is 11.3. The van der Waals surface area contributed by atoms with Crippen LogP contribution in [0.15, 0.2) is 0 Å². The van der Waals surface area contributed by atoms with Gasteiger partial charge in [-0.2, -0.15) is 0 Å². The Balaban J connectivity index is 3.68. The van der Waals surface area contributed by atoms with Crippen molar-refractivity contribution in [3.63, 3.8) is 0 Å². The van der Waals surface area contributed by atoms with Gasteiger partial charge in [-0.25, -0.2) is 0 Å². The monoisotopic (exact) mass is 299 g/mol. The zero-order valence-electron chi connectivity index (χ0n) is 14.7. The minimum absolute atomic E-state index is 0.146. The molecule has 0 bridgehead atoms. The number of carboxylic acid groups (broad SMARTS) is 1. The van der Waals surface area contributed by atoms with E-state index in [1.807, 2.05) is 0 Å². The standard InChI is InChI=1S/C18H37NO2/c1-5-6-7-8-9-10-11-12-13-17(18(20)21)15-14-16(2)19(3)4/h16-17H,5-15H2,1-4H3,(H,20,21). The topological polar surface area (TPSA) is 40.5 Å². The highest BCUT2D eigenvalue weighted by Gasteiger charge is 2.18. The fraction of sp³-hybridized carbons (Fsp3) is 0.944. The second kappa shape index (κ2) is 13.1. The Kier molecular flexibility index (Phi) is 12.8.